The third kappa shape index (κ3) is 1.84. The van der Waals surface area contributed by atoms with Crippen LogP contribution >= 0.6 is 22.6 Å². The summed E-state index contributed by atoms with van der Waals surface area (Å²) in [5, 5.41) is 2.95. The van der Waals surface area contributed by atoms with Gasteiger partial charge in [-0.1, -0.05) is 22.6 Å². The van der Waals surface area contributed by atoms with Gasteiger partial charge in [-0.3, -0.25) is 4.79 Å². The lowest BCUT2D eigenvalue weighted by Crippen LogP contribution is -2.39. The Bertz CT molecular complexity index is 150. The molecule has 1 unspecified atom stereocenters. The van der Waals surface area contributed by atoms with E-state index in [1.54, 1.807) is 0 Å². The number of hydrogen-bond acceptors (Lipinski definition) is 1. The number of halogens is 1. The van der Waals surface area contributed by atoms with Crippen LogP contribution in [0.25, 0.3) is 0 Å². The first-order valence-corrected chi connectivity index (χ1v) is 4.56. The van der Waals surface area contributed by atoms with Crippen LogP contribution in [0.2, 0.25) is 0 Å². The normalized spacial score (nSPS) is 26.7. The van der Waals surface area contributed by atoms with E-state index >= 15 is 0 Å². The molecule has 0 aliphatic carbocycles. The summed E-state index contributed by atoms with van der Waals surface area (Å²) in [7, 11) is 0. The Balaban J connectivity index is 2.53. The van der Waals surface area contributed by atoms with E-state index in [4.69, 9.17) is 0 Å². The van der Waals surface area contributed by atoms with Crippen LogP contribution in [0.15, 0.2) is 0 Å². The van der Waals surface area contributed by atoms with E-state index < -0.39 is 0 Å². The summed E-state index contributed by atoms with van der Waals surface area (Å²) in [6.07, 6.45) is 1.70. The standard InChI is InChI=1S/C7H12INO/c1-7(2,8)5-3-4-6(10)9-5/h5H,3-4H2,1-2H3,(H,9,10). The molecule has 0 bridgehead atoms. The zero-order valence-corrected chi connectivity index (χ0v) is 8.44. The molecule has 0 aromatic heterocycles. The van der Waals surface area contributed by atoms with Gasteiger partial charge in [0.25, 0.3) is 0 Å². The fraction of sp³-hybridized carbons (Fsp3) is 0.857. The summed E-state index contributed by atoms with van der Waals surface area (Å²) in [6, 6.07) is 0.376. The summed E-state index contributed by atoms with van der Waals surface area (Å²) in [4.78, 5) is 10.8. The molecule has 10 heavy (non-hydrogen) atoms. The molecule has 1 N–H and O–H groups in total. The number of alkyl halides is 1. The van der Waals surface area contributed by atoms with E-state index in [2.05, 4.69) is 41.8 Å². The van der Waals surface area contributed by atoms with Crippen molar-refractivity contribution in [2.24, 2.45) is 0 Å². The molecule has 1 heterocycles. The van der Waals surface area contributed by atoms with Gasteiger partial charge in [-0.05, 0) is 20.3 Å². The lowest BCUT2D eigenvalue weighted by Gasteiger charge is -2.24. The summed E-state index contributed by atoms with van der Waals surface area (Å²) >= 11 is 2.37. The Morgan fingerprint density at radius 1 is 1.70 bits per heavy atom. The molecule has 3 heteroatoms. The van der Waals surface area contributed by atoms with Crippen molar-refractivity contribution in [3.63, 3.8) is 0 Å². The lowest BCUT2D eigenvalue weighted by molar-refractivity contribution is -0.119. The highest BCUT2D eigenvalue weighted by atomic mass is 127. The van der Waals surface area contributed by atoms with Crippen LogP contribution in [0.1, 0.15) is 26.7 Å². The largest absolute Gasteiger partial charge is 0.352 e. The average molecular weight is 253 g/mol. The Morgan fingerprint density at radius 3 is 2.50 bits per heavy atom. The smallest absolute Gasteiger partial charge is 0.220 e. The topological polar surface area (TPSA) is 29.1 Å². The molecule has 1 aliphatic heterocycles. The predicted octanol–water partition coefficient (Wildman–Crippen LogP) is 1.48. The number of amides is 1. The Labute approximate surface area is 74.9 Å². The van der Waals surface area contributed by atoms with Gasteiger partial charge in [0.05, 0.1) is 0 Å². The molecule has 1 rings (SSSR count). The summed E-state index contributed by atoms with van der Waals surface area (Å²) in [5.41, 5.74) is 0. The molecule has 1 atom stereocenters. The van der Waals surface area contributed by atoms with Crippen LogP contribution in [0.5, 0.6) is 0 Å². The molecular formula is C7H12INO. The van der Waals surface area contributed by atoms with Crippen molar-refractivity contribution < 1.29 is 4.79 Å². The zero-order valence-electron chi connectivity index (χ0n) is 6.28. The maximum absolute atomic E-state index is 10.8. The highest BCUT2D eigenvalue weighted by molar-refractivity contribution is 14.1. The molecular weight excluding hydrogens is 241 g/mol. The minimum Gasteiger partial charge on any atom is -0.352 e. The van der Waals surface area contributed by atoms with Crippen molar-refractivity contribution in [1.82, 2.24) is 5.32 Å². The summed E-state index contributed by atoms with van der Waals surface area (Å²) in [6.45, 7) is 4.29. The zero-order chi connectivity index (χ0) is 7.78. The van der Waals surface area contributed by atoms with Gasteiger partial charge in [-0.2, -0.15) is 0 Å². The summed E-state index contributed by atoms with van der Waals surface area (Å²) in [5.74, 6) is 0.203. The van der Waals surface area contributed by atoms with E-state index in [-0.39, 0.29) is 9.33 Å². The Kier molecular flexibility index (Phi) is 2.22. The van der Waals surface area contributed by atoms with Crippen LogP contribution in [-0.4, -0.2) is 15.4 Å². The van der Waals surface area contributed by atoms with E-state index in [1.165, 1.54) is 0 Å². The molecule has 1 aliphatic rings. The van der Waals surface area contributed by atoms with Gasteiger partial charge in [-0.15, -0.1) is 0 Å². The number of carbonyl (C=O) groups excluding carboxylic acids is 1. The van der Waals surface area contributed by atoms with E-state index in [9.17, 15) is 4.79 Å². The van der Waals surface area contributed by atoms with Gasteiger partial charge in [0.1, 0.15) is 0 Å². The van der Waals surface area contributed by atoms with Crippen LogP contribution in [0.4, 0.5) is 0 Å². The fourth-order valence-electron chi connectivity index (χ4n) is 1.13. The van der Waals surface area contributed by atoms with Gasteiger partial charge in [0.15, 0.2) is 0 Å². The number of nitrogens with one attached hydrogen (secondary N) is 1. The van der Waals surface area contributed by atoms with Crippen LogP contribution < -0.4 is 5.32 Å². The number of hydrogen-bond donors (Lipinski definition) is 1. The van der Waals surface area contributed by atoms with Gasteiger partial charge in [0.2, 0.25) is 5.91 Å². The second-order valence-electron chi connectivity index (χ2n) is 3.22. The maximum atomic E-state index is 10.8. The first kappa shape index (κ1) is 8.30. The molecule has 0 aromatic carbocycles. The number of carbonyl (C=O) groups is 1. The second-order valence-corrected chi connectivity index (χ2v) is 6.00. The molecule has 58 valence electrons. The first-order chi connectivity index (χ1) is 4.50. The van der Waals surface area contributed by atoms with E-state index in [0.717, 1.165) is 6.42 Å². The van der Waals surface area contributed by atoms with Crippen molar-refractivity contribution >= 4 is 28.5 Å². The Hall–Kier alpha value is 0.200. The fourth-order valence-corrected chi connectivity index (χ4v) is 1.60. The Morgan fingerprint density at radius 2 is 2.30 bits per heavy atom. The van der Waals surface area contributed by atoms with Crippen LogP contribution in [0.3, 0.4) is 0 Å². The van der Waals surface area contributed by atoms with E-state index in [0.29, 0.717) is 12.5 Å². The molecule has 1 fully saturated rings. The second kappa shape index (κ2) is 2.68. The third-order valence-corrected chi connectivity index (χ3v) is 2.58. The van der Waals surface area contributed by atoms with Gasteiger partial charge in [0, 0.05) is 15.9 Å². The lowest BCUT2D eigenvalue weighted by atomic mass is 10.0. The minimum atomic E-state index is 0.198. The van der Waals surface area contributed by atoms with Gasteiger partial charge in [-0.25, -0.2) is 0 Å². The molecule has 1 amide bonds. The van der Waals surface area contributed by atoms with Crippen molar-refractivity contribution in [3.8, 4) is 0 Å². The average Bonchev–Trinajstić information content (AvgIpc) is 2.11. The van der Waals surface area contributed by atoms with Gasteiger partial charge < -0.3 is 5.32 Å². The van der Waals surface area contributed by atoms with Crippen molar-refractivity contribution in [2.45, 2.75) is 36.2 Å². The van der Waals surface area contributed by atoms with Crippen LogP contribution in [-0.2, 0) is 4.79 Å². The minimum absolute atomic E-state index is 0.198. The SMILES string of the molecule is CC(C)(I)C1CCC(=O)N1. The first-order valence-electron chi connectivity index (χ1n) is 3.48. The quantitative estimate of drug-likeness (QED) is 0.556. The highest BCUT2D eigenvalue weighted by Crippen LogP contribution is 2.27. The van der Waals surface area contributed by atoms with Crippen molar-refractivity contribution in [1.29, 1.82) is 0 Å². The molecule has 0 aromatic rings. The molecule has 1 saturated heterocycles. The van der Waals surface area contributed by atoms with Crippen molar-refractivity contribution in [3.05, 3.63) is 0 Å². The molecule has 2 nitrogen and oxygen atoms in total. The maximum Gasteiger partial charge on any atom is 0.220 e. The van der Waals surface area contributed by atoms with Crippen molar-refractivity contribution in [2.75, 3.05) is 0 Å². The number of rotatable bonds is 1. The third-order valence-electron chi connectivity index (χ3n) is 1.82. The predicted molar refractivity (Wildman–Crippen MR) is 49.3 cm³/mol. The monoisotopic (exact) mass is 253 g/mol. The molecule has 0 radical (unpaired) electrons. The van der Waals surface area contributed by atoms with Crippen LogP contribution in [0, 0.1) is 0 Å². The van der Waals surface area contributed by atoms with E-state index in [1.807, 2.05) is 0 Å². The molecule has 0 spiro atoms. The summed E-state index contributed by atoms with van der Waals surface area (Å²) < 4.78 is 0.198. The van der Waals surface area contributed by atoms with Gasteiger partial charge >= 0.3 is 0 Å². The highest BCUT2D eigenvalue weighted by Gasteiger charge is 2.32. The molecule has 0 saturated carbocycles.